The third-order valence-electron chi connectivity index (χ3n) is 5.42. The van der Waals surface area contributed by atoms with E-state index in [4.69, 9.17) is 27.9 Å². The zero-order valence-electron chi connectivity index (χ0n) is 16.4. The summed E-state index contributed by atoms with van der Waals surface area (Å²) in [6.07, 6.45) is 6.66. The minimum absolute atomic E-state index is 0.00983. The molecule has 2 aromatic carbocycles. The van der Waals surface area contributed by atoms with E-state index in [-0.39, 0.29) is 23.7 Å². The number of urea groups is 1. The lowest BCUT2D eigenvalue weighted by molar-refractivity contribution is -0.124. The summed E-state index contributed by atoms with van der Waals surface area (Å²) < 4.78 is 5.78. The molecule has 30 heavy (non-hydrogen) atoms. The van der Waals surface area contributed by atoms with Crippen LogP contribution in [0, 0.1) is 0 Å². The molecule has 1 aliphatic carbocycles. The second-order valence-corrected chi connectivity index (χ2v) is 8.40. The van der Waals surface area contributed by atoms with Crippen LogP contribution in [0.15, 0.2) is 48.2 Å². The molecule has 3 amide bonds. The van der Waals surface area contributed by atoms with E-state index in [1.807, 2.05) is 12.1 Å². The maximum atomic E-state index is 12.8. The van der Waals surface area contributed by atoms with E-state index in [1.165, 1.54) is 4.90 Å². The Morgan fingerprint density at radius 1 is 1.03 bits per heavy atom. The SMILES string of the molecule is O=C1N/C(=C\c2ccc(OCc3ccc(Cl)cc3)c(Cl)c2)C(=O)N1C1CCCCC1. The fraction of sp³-hybridized carbons (Fsp3) is 0.304. The molecule has 0 atom stereocenters. The van der Waals surface area contributed by atoms with Crippen molar-refractivity contribution in [1.29, 1.82) is 0 Å². The molecule has 1 N–H and O–H groups in total. The van der Waals surface area contributed by atoms with Crippen LogP contribution in [0.3, 0.4) is 0 Å². The summed E-state index contributed by atoms with van der Waals surface area (Å²) in [4.78, 5) is 26.5. The summed E-state index contributed by atoms with van der Waals surface area (Å²) in [6, 6.07) is 12.3. The van der Waals surface area contributed by atoms with Crippen molar-refractivity contribution in [3.8, 4) is 5.75 Å². The summed E-state index contributed by atoms with van der Waals surface area (Å²) in [5.41, 5.74) is 1.97. The summed E-state index contributed by atoms with van der Waals surface area (Å²) in [5, 5.41) is 3.80. The molecular formula is C23H22Cl2N2O3. The summed E-state index contributed by atoms with van der Waals surface area (Å²) in [5.74, 6) is 0.269. The van der Waals surface area contributed by atoms with E-state index in [2.05, 4.69) is 5.32 Å². The van der Waals surface area contributed by atoms with Crippen LogP contribution in [-0.2, 0) is 11.4 Å². The van der Waals surface area contributed by atoms with Gasteiger partial charge in [0.15, 0.2) is 0 Å². The highest BCUT2D eigenvalue weighted by molar-refractivity contribution is 6.32. The largest absolute Gasteiger partial charge is 0.487 e. The van der Waals surface area contributed by atoms with Crippen LogP contribution < -0.4 is 10.1 Å². The van der Waals surface area contributed by atoms with Gasteiger partial charge in [0.25, 0.3) is 5.91 Å². The number of rotatable bonds is 5. The Labute approximate surface area is 185 Å². The molecule has 1 saturated carbocycles. The monoisotopic (exact) mass is 444 g/mol. The quantitative estimate of drug-likeness (QED) is 0.468. The highest BCUT2D eigenvalue weighted by atomic mass is 35.5. The number of carbonyl (C=O) groups excluding carboxylic acids is 2. The third kappa shape index (κ3) is 4.63. The Balaban J connectivity index is 1.44. The highest BCUT2D eigenvalue weighted by Gasteiger charge is 2.38. The van der Waals surface area contributed by atoms with Gasteiger partial charge >= 0.3 is 6.03 Å². The van der Waals surface area contributed by atoms with Gasteiger partial charge in [-0.3, -0.25) is 9.69 Å². The normalized spacial score (nSPS) is 18.7. The lowest BCUT2D eigenvalue weighted by Crippen LogP contribution is -2.41. The van der Waals surface area contributed by atoms with E-state index < -0.39 is 0 Å². The van der Waals surface area contributed by atoms with Crippen molar-refractivity contribution in [2.24, 2.45) is 0 Å². The Kier molecular flexibility index (Phi) is 6.30. The smallest absolute Gasteiger partial charge is 0.329 e. The Morgan fingerprint density at radius 2 is 1.77 bits per heavy atom. The summed E-state index contributed by atoms with van der Waals surface area (Å²) in [7, 11) is 0. The van der Waals surface area contributed by atoms with Crippen molar-refractivity contribution >= 4 is 41.2 Å². The van der Waals surface area contributed by atoms with Gasteiger partial charge in [-0.05, 0) is 54.3 Å². The molecule has 4 rings (SSSR count). The lowest BCUT2D eigenvalue weighted by Gasteiger charge is -2.28. The highest BCUT2D eigenvalue weighted by Crippen LogP contribution is 2.29. The van der Waals surface area contributed by atoms with Crippen molar-refractivity contribution in [3.63, 3.8) is 0 Å². The first-order chi connectivity index (χ1) is 14.5. The van der Waals surface area contributed by atoms with Crippen LogP contribution >= 0.6 is 23.2 Å². The van der Waals surface area contributed by atoms with Gasteiger partial charge in [0, 0.05) is 11.1 Å². The Hall–Kier alpha value is -2.50. The number of nitrogens with zero attached hydrogens (tertiary/aromatic N) is 1. The molecule has 2 fully saturated rings. The van der Waals surface area contributed by atoms with E-state index in [9.17, 15) is 9.59 Å². The number of benzene rings is 2. The third-order valence-corrected chi connectivity index (χ3v) is 5.97. The zero-order chi connectivity index (χ0) is 21.1. The van der Waals surface area contributed by atoms with Gasteiger partial charge in [-0.25, -0.2) is 4.79 Å². The molecule has 2 aliphatic rings. The van der Waals surface area contributed by atoms with Gasteiger partial charge in [-0.2, -0.15) is 0 Å². The van der Waals surface area contributed by atoms with Crippen molar-refractivity contribution in [2.45, 2.75) is 44.8 Å². The molecule has 0 unspecified atom stereocenters. The molecule has 5 nitrogen and oxygen atoms in total. The lowest BCUT2D eigenvalue weighted by atomic mass is 9.94. The van der Waals surface area contributed by atoms with Crippen molar-refractivity contribution in [3.05, 3.63) is 69.3 Å². The van der Waals surface area contributed by atoms with Gasteiger partial charge in [-0.1, -0.05) is 60.7 Å². The van der Waals surface area contributed by atoms with Gasteiger partial charge in [0.1, 0.15) is 18.1 Å². The number of hydrogen-bond donors (Lipinski definition) is 1. The van der Waals surface area contributed by atoms with E-state index in [0.29, 0.717) is 28.0 Å². The fourth-order valence-electron chi connectivity index (χ4n) is 3.85. The van der Waals surface area contributed by atoms with Gasteiger partial charge in [0.05, 0.1) is 5.02 Å². The molecule has 7 heteroatoms. The molecule has 1 heterocycles. The molecule has 2 aromatic rings. The topological polar surface area (TPSA) is 58.6 Å². The zero-order valence-corrected chi connectivity index (χ0v) is 17.9. The number of halogens is 2. The average molecular weight is 445 g/mol. The molecule has 1 aliphatic heterocycles. The number of imide groups is 1. The Bertz CT molecular complexity index is 982. The number of carbonyl (C=O) groups is 2. The van der Waals surface area contributed by atoms with Gasteiger partial charge < -0.3 is 10.1 Å². The van der Waals surface area contributed by atoms with Crippen molar-refractivity contribution in [2.75, 3.05) is 0 Å². The molecule has 0 aromatic heterocycles. The second kappa shape index (κ2) is 9.11. The number of hydrogen-bond acceptors (Lipinski definition) is 3. The van der Waals surface area contributed by atoms with Crippen molar-refractivity contribution in [1.82, 2.24) is 10.2 Å². The molecule has 0 radical (unpaired) electrons. The van der Waals surface area contributed by atoms with Crippen molar-refractivity contribution < 1.29 is 14.3 Å². The van der Waals surface area contributed by atoms with E-state index >= 15 is 0 Å². The molecule has 1 saturated heterocycles. The van der Waals surface area contributed by atoms with Crippen LogP contribution in [0.2, 0.25) is 10.0 Å². The minimum atomic E-state index is -0.341. The first-order valence-corrected chi connectivity index (χ1v) is 10.8. The predicted octanol–water partition coefficient (Wildman–Crippen LogP) is 5.80. The Morgan fingerprint density at radius 3 is 2.47 bits per heavy atom. The summed E-state index contributed by atoms with van der Waals surface area (Å²) >= 11 is 12.3. The van der Waals surface area contributed by atoms with E-state index in [0.717, 1.165) is 37.7 Å². The van der Waals surface area contributed by atoms with Crippen LogP contribution in [0.5, 0.6) is 5.75 Å². The van der Waals surface area contributed by atoms with Crippen LogP contribution in [-0.4, -0.2) is 22.9 Å². The standard InChI is InChI=1S/C23H22Cl2N2O3/c24-17-9-6-15(7-10-17)14-30-21-11-8-16(12-19(21)25)13-20-22(28)27(23(29)26-20)18-4-2-1-3-5-18/h6-13,18H,1-5,14H2,(H,26,29)/b20-13-. The minimum Gasteiger partial charge on any atom is -0.487 e. The maximum Gasteiger partial charge on any atom is 0.329 e. The average Bonchev–Trinajstić information content (AvgIpc) is 3.02. The molecule has 0 bridgehead atoms. The van der Waals surface area contributed by atoms with E-state index in [1.54, 1.807) is 36.4 Å². The fourth-order valence-corrected chi connectivity index (χ4v) is 4.22. The van der Waals surface area contributed by atoms with Crippen LogP contribution in [0.25, 0.3) is 6.08 Å². The van der Waals surface area contributed by atoms with Crippen LogP contribution in [0.4, 0.5) is 4.79 Å². The second-order valence-electron chi connectivity index (χ2n) is 7.56. The maximum absolute atomic E-state index is 12.8. The van der Waals surface area contributed by atoms with Gasteiger partial charge in [-0.15, -0.1) is 0 Å². The number of nitrogens with one attached hydrogen (secondary N) is 1. The number of amides is 3. The first kappa shape index (κ1) is 20.8. The summed E-state index contributed by atoms with van der Waals surface area (Å²) in [6.45, 7) is 0.363. The molecule has 0 spiro atoms. The molecule has 156 valence electrons. The number of ether oxygens (including phenoxy) is 1. The van der Waals surface area contributed by atoms with Gasteiger partial charge in [0.2, 0.25) is 0 Å². The predicted molar refractivity (Wildman–Crippen MR) is 117 cm³/mol. The first-order valence-electron chi connectivity index (χ1n) is 10.0. The van der Waals surface area contributed by atoms with Crippen LogP contribution in [0.1, 0.15) is 43.2 Å². The molecular weight excluding hydrogens is 423 g/mol.